The molecule has 1 rings (SSSR count). The van der Waals surface area contributed by atoms with Crippen LogP contribution in [0.15, 0.2) is 0 Å². The van der Waals surface area contributed by atoms with Gasteiger partial charge < -0.3 is 0 Å². The van der Waals surface area contributed by atoms with Gasteiger partial charge in [0.1, 0.15) is 0 Å². The predicted octanol–water partition coefficient (Wildman–Crippen LogP) is 7.28. The van der Waals surface area contributed by atoms with Crippen molar-refractivity contribution in [3.8, 4) is 0 Å². The Hall–Kier alpha value is -0.0800. The van der Waals surface area contributed by atoms with Gasteiger partial charge in [-0.3, -0.25) is 4.84 Å². The normalized spacial score (nSPS) is 14.9. The molecule has 0 amide bonds. The second-order valence-electron chi connectivity index (χ2n) is 7.77. The SMILES string of the molecule is CCCCCCCCCCCCCCCCCCCCN1CCO1. The first-order valence-corrected chi connectivity index (χ1v) is 11.3. The van der Waals surface area contributed by atoms with Gasteiger partial charge in [0.2, 0.25) is 0 Å². The van der Waals surface area contributed by atoms with Crippen LogP contribution in [0.4, 0.5) is 0 Å². The van der Waals surface area contributed by atoms with E-state index in [0.717, 1.165) is 19.7 Å². The van der Waals surface area contributed by atoms with Crippen LogP contribution in [0.3, 0.4) is 0 Å². The summed E-state index contributed by atoms with van der Waals surface area (Å²) in [6.45, 7) is 5.54. The van der Waals surface area contributed by atoms with E-state index in [1.807, 2.05) is 0 Å². The van der Waals surface area contributed by atoms with Gasteiger partial charge >= 0.3 is 0 Å². The van der Waals surface area contributed by atoms with Crippen LogP contribution >= 0.6 is 0 Å². The predicted molar refractivity (Wildman–Crippen MR) is 106 cm³/mol. The molecule has 2 heteroatoms. The molecule has 144 valence electrons. The van der Waals surface area contributed by atoms with Crippen molar-refractivity contribution in [3.05, 3.63) is 0 Å². The molecule has 0 aliphatic carbocycles. The van der Waals surface area contributed by atoms with Crippen molar-refractivity contribution >= 4 is 0 Å². The Labute approximate surface area is 152 Å². The number of hydrogen-bond acceptors (Lipinski definition) is 2. The Bertz CT molecular complexity index is 240. The first-order chi connectivity index (χ1) is 11.9. The minimum Gasteiger partial charge on any atom is -0.297 e. The van der Waals surface area contributed by atoms with Crippen molar-refractivity contribution in [3.63, 3.8) is 0 Å². The summed E-state index contributed by atoms with van der Waals surface area (Å²) < 4.78 is 0. The van der Waals surface area contributed by atoms with E-state index < -0.39 is 0 Å². The molecule has 24 heavy (non-hydrogen) atoms. The van der Waals surface area contributed by atoms with Gasteiger partial charge in [0.25, 0.3) is 0 Å². The zero-order chi connectivity index (χ0) is 17.1. The Morgan fingerprint density at radius 1 is 0.542 bits per heavy atom. The largest absolute Gasteiger partial charge is 0.297 e. The summed E-state index contributed by atoms with van der Waals surface area (Å²) >= 11 is 0. The Morgan fingerprint density at radius 3 is 1.17 bits per heavy atom. The lowest BCUT2D eigenvalue weighted by atomic mass is 10.0. The first-order valence-electron chi connectivity index (χ1n) is 11.3. The van der Waals surface area contributed by atoms with E-state index in [2.05, 4.69) is 12.0 Å². The van der Waals surface area contributed by atoms with Crippen LogP contribution in [0.5, 0.6) is 0 Å². The number of hydrogen-bond donors (Lipinski definition) is 0. The maximum Gasteiger partial charge on any atom is 0.0835 e. The number of rotatable bonds is 19. The fourth-order valence-corrected chi connectivity index (χ4v) is 3.59. The van der Waals surface area contributed by atoms with Gasteiger partial charge in [0, 0.05) is 13.1 Å². The zero-order valence-electron chi connectivity index (χ0n) is 16.7. The molecule has 0 radical (unpaired) electrons. The maximum atomic E-state index is 5.30. The first kappa shape index (κ1) is 22.0. The van der Waals surface area contributed by atoms with Crippen LogP contribution in [0.2, 0.25) is 0 Å². The number of nitrogens with zero attached hydrogens (tertiary/aromatic N) is 1. The second-order valence-corrected chi connectivity index (χ2v) is 7.77. The van der Waals surface area contributed by atoms with Gasteiger partial charge in [-0.05, 0) is 6.42 Å². The van der Waals surface area contributed by atoms with Crippen LogP contribution in [-0.2, 0) is 4.84 Å². The summed E-state index contributed by atoms with van der Waals surface area (Å²) in [6, 6.07) is 0. The third-order valence-corrected chi connectivity index (χ3v) is 5.38. The van der Waals surface area contributed by atoms with Crippen molar-refractivity contribution in [2.45, 2.75) is 122 Å². The fraction of sp³-hybridized carbons (Fsp3) is 1.00. The Balaban J connectivity index is 1.60. The number of hydroxylamine groups is 2. The lowest BCUT2D eigenvalue weighted by Crippen LogP contribution is -2.39. The molecule has 0 aromatic carbocycles. The Morgan fingerprint density at radius 2 is 0.875 bits per heavy atom. The van der Waals surface area contributed by atoms with Crippen molar-refractivity contribution in [1.29, 1.82) is 0 Å². The summed E-state index contributed by atoms with van der Waals surface area (Å²) in [5.41, 5.74) is 0. The van der Waals surface area contributed by atoms with Gasteiger partial charge in [-0.1, -0.05) is 116 Å². The molecule has 0 saturated carbocycles. The van der Waals surface area contributed by atoms with E-state index in [9.17, 15) is 0 Å². The molecule has 1 fully saturated rings. The smallest absolute Gasteiger partial charge is 0.0835 e. The molecule has 0 aromatic heterocycles. The molecule has 2 nitrogen and oxygen atoms in total. The topological polar surface area (TPSA) is 12.5 Å². The summed E-state index contributed by atoms with van der Waals surface area (Å²) in [7, 11) is 0. The zero-order valence-corrected chi connectivity index (χ0v) is 16.7. The highest BCUT2D eigenvalue weighted by atomic mass is 16.7. The lowest BCUT2D eigenvalue weighted by Gasteiger charge is -2.29. The molecular weight excluding hydrogens is 294 g/mol. The third kappa shape index (κ3) is 14.3. The van der Waals surface area contributed by atoms with Crippen molar-refractivity contribution < 1.29 is 4.84 Å². The third-order valence-electron chi connectivity index (χ3n) is 5.38. The van der Waals surface area contributed by atoms with E-state index in [-0.39, 0.29) is 0 Å². The molecule has 0 atom stereocenters. The van der Waals surface area contributed by atoms with Gasteiger partial charge in [0.05, 0.1) is 6.61 Å². The molecule has 1 heterocycles. The summed E-state index contributed by atoms with van der Waals surface area (Å²) in [4.78, 5) is 5.30. The van der Waals surface area contributed by atoms with E-state index in [1.54, 1.807) is 0 Å². The number of unbranched alkanes of at least 4 members (excludes halogenated alkanes) is 17. The van der Waals surface area contributed by atoms with Crippen LogP contribution < -0.4 is 0 Å². The fourth-order valence-electron chi connectivity index (χ4n) is 3.59. The molecule has 0 unspecified atom stereocenters. The summed E-state index contributed by atoms with van der Waals surface area (Å²) in [5.74, 6) is 0. The molecule has 0 aromatic rings. The average Bonchev–Trinajstić information content (AvgIpc) is 2.55. The van der Waals surface area contributed by atoms with E-state index in [1.165, 1.54) is 116 Å². The van der Waals surface area contributed by atoms with Crippen molar-refractivity contribution in [1.82, 2.24) is 5.06 Å². The molecule has 1 aliphatic rings. The molecule has 1 saturated heterocycles. The van der Waals surface area contributed by atoms with Gasteiger partial charge in [0.15, 0.2) is 0 Å². The molecule has 0 bridgehead atoms. The van der Waals surface area contributed by atoms with Crippen LogP contribution in [0.1, 0.15) is 122 Å². The van der Waals surface area contributed by atoms with Crippen LogP contribution in [0.25, 0.3) is 0 Å². The van der Waals surface area contributed by atoms with Crippen LogP contribution in [-0.4, -0.2) is 24.8 Å². The van der Waals surface area contributed by atoms with E-state index in [4.69, 9.17) is 4.84 Å². The van der Waals surface area contributed by atoms with Gasteiger partial charge in [-0.15, -0.1) is 0 Å². The highest BCUT2D eigenvalue weighted by molar-refractivity contribution is 4.55. The van der Waals surface area contributed by atoms with Crippen LogP contribution in [0, 0.1) is 0 Å². The molecule has 0 N–H and O–H groups in total. The monoisotopic (exact) mass is 339 g/mol. The van der Waals surface area contributed by atoms with E-state index >= 15 is 0 Å². The summed E-state index contributed by atoms with van der Waals surface area (Å²) in [5, 5.41) is 2.10. The minimum absolute atomic E-state index is 0.943. The average molecular weight is 340 g/mol. The highest BCUT2D eigenvalue weighted by Gasteiger charge is 2.12. The highest BCUT2D eigenvalue weighted by Crippen LogP contribution is 2.14. The minimum atomic E-state index is 0.943. The van der Waals surface area contributed by atoms with Gasteiger partial charge in [-0.25, -0.2) is 0 Å². The second kappa shape index (κ2) is 17.7. The van der Waals surface area contributed by atoms with Gasteiger partial charge in [-0.2, -0.15) is 5.06 Å². The Kier molecular flexibility index (Phi) is 16.2. The van der Waals surface area contributed by atoms with Crippen molar-refractivity contribution in [2.75, 3.05) is 19.7 Å². The standard InChI is InChI=1S/C22H45NO/c1-2-3-4-5-6-7-8-9-10-11-12-13-14-15-16-17-18-19-20-23-21-22-24-23/h2-22H2,1H3. The van der Waals surface area contributed by atoms with Crippen molar-refractivity contribution in [2.24, 2.45) is 0 Å². The quantitative estimate of drug-likeness (QED) is 0.229. The van der Waals surface area contributed by atoms with E-state index in [0.29, 0.717) is 0 Å². The molecule has 0 spiro atoms. The molecule has 1 aliphatic heterocycles. The molecular formula is C22H45NO. The summed E-state index contributed by atoms with van der Waals surface area (Å²) in [6.07, 6.45) is 26.1. The lowest BCUT2D eigenvalue weighted by molar-refractivity contribution is -0.246. The maximum absolute atomic E-state index is 5.30.